The maximum Gasteiger partial charge on any atom is 0.498 e. The zero-order valence-electron chi connectivity index (χ0n) is 20.9. The molecule has 2 unspecified atom stereocenters. The van der Waals surface area contributed by atoms with E-state index in [1.54, 1.807) is 20.8 Å². The van der Waals surface area contributed by atoms with Crippen LogP contribution in [0.25, 0.3) is 0 Å². The number of hydrogen-bond donors (Lipinski definition) is 1. The highest BCUT2D eigenvalue weighted by molar-refractivity contribution is 6.63. The first-order valence-corrected chi connectivity index (χ1v) is 11.3. The van der Waals surface area contributed by atoms with E-state index >= 15 is 0 Å². The van der Waals surface area contributed by atoms with Gasteiger partial charge in [-0.05, 0) is 33.1 Å². The molecule has 2 aliphatic heterocycles. The maximum absolute atomic E-state index is 13.5. The Hall–Kier alpha value is -1.88. The van der Waals surface area contributed by atoms with Crippen molar-refractivity contribution in [1.29, 1.82) is 0 Å². The number of aliphatic carboxylic acids is 1. The quantitative estimate of drug-likeness (QED) is 0.635. The van der Waals surface area contributed by atoms with Crippen molar-refractivity contribution >= 4 is 18.6 Å². The highest BCUT2D eigenvalue weighted by Gasteiger charge is 2.55. The summed E-state index contributed by atoms with van der Waals surface area (Å²) in [6, 6.07) is 1.35. The molecule has 2 fully saturated rings. The summed E-state index contributed by atoms with van der Waals surface area (Å²) >= 11 is 0. The van der Waals surface area contributed by atoms with Gasteiger partial charge in [0.1, 0.15) is 5.75 Å². The third-order valence-electron chi connectivity index (χ3n) is 7.19. The van der Waals surface area contributed by atoms with Crippen molar-refractivity contribution in [2.24, 2.45) is 5.41 Å². The fourth-order valence-corrected chi connectivity index (χ4v) is 4.41. The summed E-state index contributed by atoms with van der Waals surface area (Å²) < 4.78 is 30.3. The SMILES string of the molecule is COc1cn(C(CC2COCCO2)(C(=O)O)C(C)(C)C)c(=O)cc1B1OC(C)(C)C(C)(C)O1. The molecule has 2 aliphatic rings. The van der Waals surface area contributed by atoms with E-state index in [0.29, 0.717) is 24.4 Å². The summed E-state index contributed by atoms with van der Waals surface area (Å²) in [5.41, 5.74) is -3.74. The number of carbonyl (C=O) groups is 1. The summed E-state index contributed by atoms with van der Waals surface area (Å²) in [6.07, 6.45) is 1.05. The van der Waals surface area contributed by atoms with Crippen molar-refractivity contribution in [1.82, 2.24) is 4.57 Å². The normalized spacial score (nSPS) is 24.4. The number of hydrogen-bond acceptors (Lipinski definition) is 7. The first kappa shape index (κ1) is 25.7. The molecule has 0 spiro atoms. The van der Waals surface area contributed by atoms with E-state index < -0.39 is 46.9 Å². The lowest BCUT2D eigenvalue weighted by molar-refractivity contribution is -0.163. The van der Waals surface area contributed by atoms with Crippen molar-refractivity contribution in [3.8, 4) is 5.75 Å². The molecule has 33 heavy (non-hydrogen) atoms. The van der Waals surface area contributed by atoms with Gasteiger partial charge in [0, 0.05) is 17.9 Å². The van der Waals surface area contributed by atoms with Gasteiger partial charge >= 0.3 is 13.1 Å². The van der Waals surface area contributed by atoms with Crippen molar-refractivity contribution in [2.45, 2.75) is 77.7 Å². The maximum atomic E-state index is 13.5. The van der Waals surface area contributed by atoms with E-state index in [4.69, 9.17) is 23.5 Å². The molecule has 184 valence electrons. The van der Waals surface area contributed by atoms with Gasteiger partial charge in [-0.25, -0.2) is 4.79 Å². The van der Waals surface area contributed by atoms with Crippen LogP contribution in [0.1, 0.15) is 54.9 Å². The van der Waals surface area contributed by atoms with Crippen LogP contribution in [0.2, 0.25) is 0 Å². The van der Waals surface area contributed by atoms with Gasteiger partial charge in [-0.2, -0.15) is 0 Å². The molecule has 3 heterocycles. The van der Waals surface area contributed by atoms with Crippen LogP contribution >= 0.6 is 0 Å². The topological polar surface area (TPSA) is 105 Å². The third-order valence-corrected chi connectivity index (χ3v) is 7.19. The van der Waals surface area contributed by atoms with Crippen LogP contribution in [-0.2, 0) is 29.1 Å². The smallest absolute Gasteiger partial charge is 0.496 e. The Morgan fingerprint density at radius 3 is 2.27 bits per heavy atom. The lowest BCUT2D eigenvalue weighted by atomic mass is 9.69. The monoisotopic (exact) mass is 465 g/mol. The molecule has 2 saturated heterocycles. The van der Waals surface area contributed by atoms with Crippen molar-refractivity contribution in [2.75, 3.05) is 26.9 Å². The van der Waals surface area contributed by atoms with Crippen LogP contribution in [0.4, 0.5) is 0 Å². The van der Waals surface area contributed by atoms with Crippen LogP contribution in [0.5, 0.6) is 5.75 Å². The van der Waals surface area contributed by atoms with Gasteiger partial charge in [0.25, 0.3) is 5.56 Å². The zero-order chi connectivity index (χ0) is 24.8. The van der Waals surface area contributed by atoms with Gasteiger partial charge in [0.15, 0.2) is 5.54 Å². The molecule has 2 atom stereocenters. The van der Waals surface area contributed by atoms with Crippen LogP contribution in [0.15, 0.2) is 17.1 Å². The Bertz CT molecular complexity index is 929. The molecule has 0 aliphatic carbocycles. The second kappa shape index (κ2) is 8.72. The minimum atomic E-state index is -1.61. The molecule has 10 heteroatoms. The number of pyridine rings is 1. The predicted octanol–water partition coefficient (Wildman–Crippen LogP) is 1.79. The summed E-state index contributed by atoms with van der Waals surface area (Å²) in [5, 5.41) is 10.5. The summed E-state index contributed by atoms with van der Waals surface area (Å²) in [5.74, 6) is -0.819. The molecule has 9 nitrogen and oxygen atoms in total. The number of aromatic nitrogens is 1. The minimum Gasteiger partial charge on any atom is -0.496 e. The molecule has 1 aromatic heterocycles. The van der Waals surface area contributed by atoms with Crippen LogP contribution in [0.3, 0.4) is 0 Å². The molecule has 0 radical (unpaired) electrons. The Labute approximate surface area is 195 Å². The number of rotatable bonds is 6. The summed E-state index contributed by atoms with van der Waals surface area (Å²) in [7, 11) is 0.646. The van der Waals surface area contributed by atoms with Crippen molar-refractivity contribution < 1.29 is 33.4 Å². The second-order valence-electron chi connectivity index (χ2n) is 10.8. The molecule has 0 bridgehead atoms. The average molecular weight is 465 g/mol. The Morgan fingerprint density at radius 2 is 1.82 bits per heavy atom. The molecule has 1 N–H and O–H groups in total. The van der Waals surface area contributed by atoms with Gasteiger partial charge in [-0.15, -0.1) is 0 Å². The van der Waals surface area contributed by atoms with E-state index in [1.807, 2.05) is 27.7 Å². The Balaban J connectivity index is 2.14. The van der Waals surface area contributed by atoms with E-state index in [9.17, 15) is 14.7 Å². The van der Waals surface area contributed by atoms with Gasteiger partial charge in [0.2, 0.25) is 0 Å². The van der Waals surface area contributed by atoms with Gasteiger partial charge in [0.05, 0.1) is 50.4 Å². The number of carboxylic acid groups (broad SMARTS) is 1. The minimum absolute atomic E-state index is 0.0602. The first-order chi connectivity index (χ1) is 15.2. The number of methoxy groups -OCH3 is 1. The number of carboxylic acids is 1. The summed E-state index contributed by atoms with van der Waals surface area (Å²) in [6.45, 7) is 14.2. The van der Waals surface area contributed by atoms with Crippen molar-refractivity contribution in [3.63, 3.8) is 0 Å². The highest BCUT2D eigenvalue weighted by Crippen LogP contribution is 2.42. The molecule has 0 saturated carbocycles. The standard InChI is InChI=1S/C23H36BNO8/c1-20(2,3)23(19(27)28,12-15-14-30-9-10-31-15)25-13-17(29-8)16(11-18(25)26)24-32-21(4,5)22(6,7)33-24/h11,13,15H,9-10,12,14H2,1-8H3,(H,27,28). The lowest BCUT2D eigenvalue weighted by Gasteiger charge is -2.44. The molecule has 0 amide bonds. The number of ether oxygens (including phenoxy) is 3. The fraction of sp³-hybridized carbons (Fsp3) is 0.739. The van der Waals surface area contributed by atoms with Gasteiger partial charge in [-0.3, -0.25) is 9.36 Å². The average Bonchev–Trinajstić information content (AvgIpc) is 2.92. The van der Waals surface area contributed by atoms with Crippen molar-refractivity contribution in [3.05, 3.63) is 22.6 Å². The van der Waals surface area contributed by atoms with E-state index in [-0.39, 0.29) is 13.0 Å². The van der Waals surface area contributed by atoms with Gasteiger partial charge < -0.3 is 28.6 Å². The molecule has 1 aromatic rings. The third kappa shape index (κ3) is 4.46. The predicted molar refractivity (Wildman–Crippen MR) is 123 cm³/mol. The van der Waals surface area contributed by atoms with Gasteiger partial charge in [-0.1, -0.05) is 20.8 Å². The summed E-state index contributed by atoms with van der Waals surface area (Å²) in [4.78, 5) is 26.3. The molecular formula is C23H36BNO8. The first-order valence-electron chi connectivity index (χ1n) is 11.3. The Kier molecular flexibility index (Phi) is 6.80. The highest BCUT2D eigenvalue weighted by atomic mass is 16.7. The van der Waals surface area contributed by atoms with Crippen LogP contribution < -0.4 is 15.8 Å². The molecule has 0 aromatic carbocycles. The lowest BCUT2D eigenvalue weighted by Crippen LogP contribution is -2.58. The molecular weight excluding hydrogens is 429 g/mol. The Morgan fingerprint density at radius 1 is 1.21 bits per heavy atom. The largest absolute Gasteiger partial charge is 0.498 e. The number of nitrogens with zero attached hydrogens (tertiary/aromatic N) is 1. The second-order valence-corrected chi connectivity index (χ2v) is 10.8. The van der Waals surface area contributed by atoms with E-state index in [1.165, 1.54) is 23.9 Å². The zero-order valence-corrected chi connectivity index (χ0v) is 20.9. The van der Waals surface area contributed by atoms with Crippen LogP contribution in [-0.4, -0.2) is 67.0 Å². The fourth-order valence-electron chi connectivity index (χ4n) is 4.41. The van der Waals surface area contributed by atoms with E-state index in [2.05, 4.69) is 0 Å². The molecule has 3 rings (SSSR count). The van der Waals surface area contributed by atoms with Crippen LogP contribution in [0, 0.1) is 5.41 Å². The van der Waals surface area contributed by atoms with E-state index in [0.717, 1.165) is 0 Å².